The highest BCUT2D eigenvalue weighted by atomic mass is 16.8. The number of rotatable bonds is 12. The SMILES string of the molecule is CC1CCC2(OC1)OC1CC3C4CCC5CC(OC6OC(CO)C(OC7OC(CO)C(O)C(OC8OCC(O)C(O)C8O)C7OC7OCC(O)C(O)C7O)C(O)C6OC6OC(C)C(O)C(O)C6O)CCC5(C)C4CCC3(C)C1C2C. The van der Waals surface area contributed by atoms with Gasteiger partial charge in [0.05, 0.1) is 51.3 Å². The summed E-state index contributed by atoms with van der Waals surface area (Å²) in [5.74, 6) is 2.69. The summed E-state index contributed by atoms with van der Waals surface area (Å²) in [6.07, 6.45) is -29.8. The molecule has 25 nitrogen and oxygen atoms in total. The molecule has 35 atom stereocenters. The van der Waals surface area contributed by atoms with Crippen molar-refractivity contribution in [1.82, 2.24) is 0 Å². The first-order valence-electron chi connectivity index (χ1n) is 29.5. The van der Waals surface area contributed by atoms with Crippen molar-refractivity contribution in [3.63, 3.8) is 0 Å². The summed E-state index contributed by atoms with van der Waals surface area (Å²) in [5, 5.41) is 142. The molecule has 11 rings (SSSR count). The average Bonchev–Trinajstić information content (AvgIpc) is 4.13. The van der Waals surface area contributed by atoms with Gasteiger partial charge in [0.25, 0.3) is 0 Å². The summed E-state index contributed by atoms with van der Waals surface area (Å²) in [7, 11) is 0. The minimum Gasteiger partial charge on any atom is -0.394 e. The Balaban J connectivity index is 0.830. The van der Waals surface area contributed by atoms with E-state index in [0.717, 1.165) is 58.0 Å². The molecule has 35 unspecified atom stereocenters. The molecule has 25 heteroatoms. The quantitative estimate of drug-likeness (QED) is 0.0879. The van der Waals surface area contributed by atoms with Gasteiger partial charge >= 0.3 is 0 Å². The van der Waals surface area contributed by atoms with Crippen molar-refractivity contribution >= 4 is 0 Å². The number of hydrogen-bond acceptors (Lipinski definition) is 25. The van der Waals surface area contributed by atoms with Gasteiger partial charge in [0, 0.05) is 12.3 Å². The zero-order valence-corrected chi connectivity index (χ0v) is 46.3. The van der Waals surface area contributed by atoms with Crippen molar-refractivity contribution < 1.29 is 123 Å². The minimum atomic E-state index is -1.93. The molecule has 7 saturated heterocycles. The molecule has 11 aliphatic rings. The maximum absolute atomic E-state index is 12.6. The van der Waals surface area contributed by atoms with Gasteiger partial charge in [-0.1, -0.05) is 27.7 Å². The highest BCUT2D eigenvalue weighted by Gasteiger charge is 2.69. The van der Waals surface area contributed by atoms with Crippen LogP contribution in [0, 0.1) is 52.3 Å². The van der Waals surface area contributed by atoms with Crippen LogP contribution in [0.5, 0.6) is 0 Å². The van der Waals surface area contributed by atoms with Crippen LogP contribution in [0.3, 0.4) is 0 Å². The summed E-state index contributed by atoms with van der Waals surface area (Å²) < 4.78 is 74.8. The van der Waals surface area contributed by atoms with E-state index in [0.29, 0.717) is 48.3 Å². The number of fused-ring (bicyclic) bond motifs is 7. The first kappa shape index (κ1) is 60.7. The Morgan fingerprint density at radius 3 is 1.73 bits per heavy atom. The standard InChI is InChI=1S/C55H90O25/c1-21-8-13-55(71-18-21)22(2)34-31(80-55)15-28-26-7-6-24-14-25(9-11-53(24,4)27(26)10-12-54(28,34)5)73-51-46(78-50-42(67)39(64)35(60)23(3)72-50)43(68)44(33(17-57)75-51)76-52-47(79-49-41(66)37(62)30(59)20-70-49)45(38(63)32(16-56)74-52)77-48-40(65)36(61)29(58)19-69-48/h21-52,56-68H,6-20H2,1-5H3. The van der Waals surface area contributed by atoms with Crippen LogP contribution in [-0.4, -0.2) is 259 Å². The fourth-order valence-electron chi connectivity index (χ4n) is 17.0. The first-order valence-corrected chi connectivity index (χ1v) is 29.5. The van der Waals surface area contributed by atoms with E-state index >= 15 is 0 Å². The number of hydrogen-bond donors (Lipinski definition) is 13. The molecule has 11 fully saturated rings. The lowest BCUT2D eigenvalue weighted by Gasteiger charge is -2.61. The lowest BCUT2D eigenvalue weighted by atomic mass is 9.44. The summed E-state index contributed by atoms with van der Waals surface area (Å²) in [6.45, 7) is 8.99. The fraction of sp³-hybridized carbons (Fsp3) is 1.00. The van der Waals surface area contributed by atoms with E-state index < -0.39 is 180 Å². The zero-order chi connectivity index (χ0) is 57.1. The molecule has 0 aromatic heterocycles. The Bertz CT molecular complexity index is 2080. The van der Waals surface area contributed by atoms with E-state index in [1.165, 1.54) is 6.92 Å². The van der Waals surface area contributed by atoms with Crippen molar-refractivity contribution in [2.75, 3.05) is 33.0 Å². The smallest absolute Gasteiger partial charge is 0.187 e. The first-order chi connectivity index (χ1) is 38.0. The van der Waals surface area contributed by atoms with Gasteiger partial charge in [0.2, 0.25) is 0 Å². The third kappa shape index (κ3) is 10.6. The van der Waals surface area contributed by atoms with Crippen LogP contribution in [0.25, 0.3) is 0 Å². The average molecular weight is 1150 g/mol. The van der Waals surface area contributed by atoms with Gasteiger partial charge in [0.1, 0.15) is 104 Å². The molecule has 0 bridgehead atoms. The van der Waals surface area contributed by atoms with E-state index in [1.54, 1.807) is 0 Å². The highest BCUT2D eigenvalue weighted by Crippen LogP contribution is 2.71. The monoisotopic (exact) mass is 1150 g/mol. The highest BCUT2D eigenvalue weighted by molar-refractivity contribution is 5.16. The summed E-state index contributed by atoms with van der Waals surface area (Å²) in [6, 6.07) is 0. The van der Waals surface area contributed by atoms with E-state index in [2.05, 4.69) is 27.7 Å². The number of aliphatic hydroxyl groups is 13. The van der Waals surface area contributed by atoms with Gasteiger partial charge in [0.15, 0.2) is 37.2 Å². The van der Waals surface area contributed by atoms with Gasteiger partial charge in [-0.2, -0.15) is 0 Å². The Morgan fingerprint density at radius 2 is 1.07 bits per heavy atom. The molecule has 1 spiro atoms. The molecule has 7 heterocycles. The van der Waals surface area contributed by atoms with Crippen molar-refractivity contribution in [2.24, 2.45) is 52.3 Å². The van der Waals surface area contributed by atoms with Crippen LogP contribution >= 0.6 is 0 Å². The molecular weight excluding hydrogens is 1060 g/mol. The molecule has 0 amide bonds. The Hall–Kier alpha value is -1.00. The van der Waals surface area contributed by atoms with Gasteiger partial charge < -0.3 is 123 Å². The van der Waals surface area contributed by atoms with Gasteiger partial charge in [-0.15, -0.1) is 0 Å². The molecule has 0 radical (unpaired) electrons. The van der Waals surface area contributed by atoms with Crippen LogP contribution in [0.15, 0.2) is 0 Å². The van der Waals surface area contributed by atoms with Gasteiger partial charge in [-0.3, -0.25) is 0 Å². The maximum atomic E-state index is 12.6. The second-order valence-corrected chi connectivity index (χ2v) is 26.2. The van der Waals surface area contributed by atoms with Crippen molar-refractivity contribution in [3.05, 3.63) is 0 Å². The second kappa shape index (κ2) is 23.6. The third-order valence-corrected chi connectivity index (χ3v) is 21.7. The van der Waals surface area contributed by atoms with Crippen LogP contribution in [0.2, 0.25) is 0 Å². The Kier molecular flexibility index (Phi) is 17.9. The normalized spacial score (nSPS) is 58.1. The molecule has 0 aromatic rings. The van der Waals surface area contributed by atoms with Crippen LogP contribution < -0.4 is 0 Å². The zero-order valence-electron chi connectivity index (χ0n) is 46.3. The number of aliphatic hydroxyl groups excluding tert-OH is 13. The van der Waals surface area contributed by atoms with E-state index in [1.807, 2.05) is 0 Å². The van der Waals surface area contributed by atoms with E-state index in [4.69, 9.17) is 56.8 Å². The summed E-state index contributed by atoms with van der Waals surface area (Å²) >= 11 is 0. The number of ether oxygens (including phenoxy) is 12. The topological polar surface area (TPSA) is 374 Å². The van der Waals surface area contributed by atoms with Crippen LogP contribution in [0.1, 0.15) is 98.8 Å². The molecular formula is C55H90O25. The third-order valence-electron chi connectivity index (χ3n) is 21.7. The molecule has 7 aliphatic heterocycles. The fourth-order valence-corrected chi connectivity index (χ4v) is 17.0. The summed E-state index contributed by atoms with van der Waals surface area (Å²) in [4.78, 5) is 0. The maximum Gasteiger partial charge on any atom is 0.187 e. The molecule has 460 valence electrons. The largest absolute Gasteiger partial charge is 0.394 e. The van der Waals surface area contributed by atoms with E-state index in [9.17, 15) is 66.4 Å². The van der Waals surface area contributed by atoms with Crippen LogP contribution in [-0.2, 0) is 56.8 Å². The molecule has 4 aliphatic carbocycles. The molecule has 80 heavy (non-hydrogen) atoms. The molecule has 4 saturated carbocycles. The lowest BCUT2D eigenvalue weighted by molar-refractivity contribution is -0.408. The summed E-state index contributed by atoms with van der Waals surface area (Å²) in [5.41, 5.74) is 0.170. The Morgan fingerprint density at radius 1 is 0.475 bits per heavy atom. The van der Waals surface area contributed by atoms with Gasteiger partial charge in [-0.25, -0.2) is 0 Å². The van der Waals surface area contributed by atoms with Crippen LogP contribution in [0.4, 0.5) is 0 Å². The van der Waals surface area contributed by atoms with Crippen molar-refractivity contribution in [3.8, 4) is 0 Å². The molecule has 0 aromatic carbocycles. The van der Waals surface area contributed by atoms with E-state index in [-0.39, 0.29) is 22.9 Å². The second-order valence-electron chi connectivity index (χ2n) is 26.2. The lowest BCUT2D eigenvalue weighted by Crippen LogP contribution is -2.68. The predicted molar refractivity (Wildman–Crippen MR) is 267 cm³/mol. The Labute approximate surface area is 465 Å². The van der Waals surface area contributed by atoms with Crippen molar-refractivity contribution in [2.45, 2.75) is 258 Å². The van der Waals surface area contributed by atoms with Crippen molar-refractivity contribution in [1.29, 1.82) is 0 Å². The predicted octanol–water partition coefficient (Wildman–Crippen LogP) is -2.78. The minimum absolute atomic E-state index is 0.0136. The molecule has 13 N–H and O–H groups in total. The van der Waals surface area contributed by atoms with Gasteiger partial charge in [-0.05, 0) is 111 Å².